The number of thioether (sulfide) groups is 1. The summed E-state index contributed by atoms with van der Waals surface area (Å²) in [7, 11) is 0. The number of hydrogen-bond donors (Lipinski definition) is 0. The lowest BCUT2D eigenvalue weighted by Crippen LogP contribution is -2.08. The summed E-state index contributed by atoms with van der Waals surface area (Å²) in [5.74, 6) is -0.312. The predicted molar refractivity (Wildman–Crippen MR) is 60.8 cm³/mol. The van der Waals surface area contributed by atoms with Crippen molar-refractivity contribution in [3.63, 3.8) is 0 Å². The van der Waals surface area contributed by atoms with Gasteiger partial charge in [-0.25, -0.2) is 9.78 Å². The first kappa shape index (κ1) is 10.5. The van der Waals surface area contributed by atoms with Crippen molar-refractivity contribution in [1.29, 1.82) is 0 Å². The van der Waals surface area contributed by atoms with Gasteiger partial charge in [0.1, 0.15) is 5.03 Å². The SMILES string of the molecule is CCOC(=O)c1c(SC)nc2sccn12. The fraction of sp³-hybridized carbons (Fsp3) is 0.333. The zero-order valence-electron chi connectivity index (χ0n) is 8.39. The molecule has 0 aliphatic rings. The second kappa shape index (κ2) is 4.24. The van der Waals surface area contributed by atoms with Gasteiger partial charge in [0.25, 0.3) is 0 Å². The van der Waals surface area contributed by atoms with E-state index in [1.165, 1.54) is 23.1 Å². The molecule has 0 aliphatic heterocycles. The lowest BCUT2D eigenvalue weighted by atomic mass is 10.5. The highest BCUT2D eigenvalue weighted by molar-refractivity contribution is 7.98. The minimum atomic E-state index is -0.312. The number of thiazole rings is 1. The molecule has 4 nitrogen and oxygen atoms in total. The number of ether oxygens (including phenoxy) is 1. The van der Waals surface area contributed by atoms with E-state index in [0.717, 1.165) is 9.99 Å². The fourth-order valence-electron chi connectivity index (χ4n) is 1.29. The molecule has 0 aliphatic carbocycles. The summed E-state index contributed by atoms with van der Waals surface area (Å²) in [6, 6.07) is 0. The molecule has 0 saturated carbocycles. The number of fused-ring (bicyclic) bond motifs is 1. The van der Waals surface area contributed by atoms with Crippen molar-refractivity contribution in [2.24, 2.45) is 0 Å². The van der Waals surface area contributed by atoms with Crippen molar-refractivity contribution < 1.29 is 9.53 Å². The lowest BCUT2D eigenvalue weighted by Gasteiger charge is -2.01. The van der Waals surface area contributed by atoms with Crippen LogP contribution < -0.4 is 0 Å². The lowest BCUT2D eigenvalue weighted by molar-refractivity contribution is 0.0514. The molecule has 0 fully saturated rings. The van der Waals surface area contributed by atoms with E-state index in [-0.39, 0.29) is 5.97 Å². The Morgan fingerprint density at radius 1 is 1.73 bits per heavy atom. The van der Waals surface area contributed by atoms with Crippen LogP contribution in [0.3, 0.4) is 0 Å². The average molecular weight is 242 g/mol. The topological polar surface area (TPSA) is 43.6 Å². The van der Waals surface area contributed by atoms with Gasteiger partial charge in [0.05, 0.1) is 6.61 Å². The highest BCUT2D eigenvalue weighted by atomic mass is 32.2. The Bertz CT molecular complexity index is 489. The van der Waals surface area contributed by atoms with Gasteiger partial charge >= 0.3 is 5.97 Å². The molecule has 0 bridgehead atoms. The van der Waals surface area contributed by atoms with Gasteiger partial charge in [-0.2, -0.15) is 0 Å². The Balaban J connectivity index is 2.53. The summed E-state index contributed by atoms with van der Waals surface area (Å²) >= 11 is 2.96. The molecule has 2 rings (SSSR count). The van der Waals surface area contributed by atoms with E-state index in [9.17, 15) is 4.79 Å². The maximum Gasteiger partial charge on any atom is 0.358 e. The molecular formula is C9H10N2O2S2. The maximum absolute atomic E-state index is 11.7. The van der Waals surface area contributed by atoms with Crippen LogP contribution in [0.2, 0.25) is 0 Å². The molecule has 0 spiro atoms. The van der Waals surface area contributed by atoms with Crippen LogP contribution in [-0.4, -0.2) is 28.2 Å². The van der Waals surface area contributed by atoms with Crippen LogP contribution in [0.25, 0.3) is 4.96 Å². The van der Waals surface area contributed by atoms with Gasteiger partial charge in [0, 0.05) is 11.6 Å². The largest absolute Gasteiger partial charge is 0.461 e. The third kappa shape index (κ3) is 1.74. The minimum absolute atomic E-state index is 0.312. The molecule has 2 aromatic rings. The summed E-state index contributed by atoms with van der Waals surface area (Å²) in [5.41, 5.74) is 0.528. The van der Waals surface area contributed by atoms with Gasteiger partial charge in [-0.3, -0.25) is 4.40 Å². The monoisotopic (exact) mass is 242 g/mol. The Hall–Kier alpha value is -1.01. The fourth-order valence-corrected chi connectivity index (χ4v) is 2.62. The molecule has 15 heavy (non-hydrogen) atoms. The third-order valence-corrected chi connectivity index (χ3v) is 3.32. The van der Waals surface area contributed by atoms with E-state index in [1.807, 2.05) is 17.8 Å². The van der Waals surface area contributed by atoms with E-state index in [1.54, 1.807) is 11.3 Å². The number of carbonyl (C=O) groups is 1. The summed E-state index contributed by atoms with van der Waals surface area (Å²) in [5, 5.41) is 2.62. The van der Waals surface area contributed by atoms with Crippen LogP contribution in [0.1, 0.15) is 17.4 Å². The third-order valence-electron chi connectivity index (χ3n) is 1.89. The van der Waals surface area contributed by atoms with Crippen LogP contribution in [0.5, 0.6) is 0 Å². The van der Waals surface area contributed by atoms with E-state index in [0.29, 0.717) is 12.3 Å². The Kier molecular flexibility index (Phi) is 2.97. The first-order chi connectivity index (χ1) is 7.27. The van der Waals surface area contributed by atoms with Crippen LogP contribution in [0, 0.1) is 0 Å². The summed E-state index contributed by atoms with van der Waals surface area (Å²) in [6.45, 7) is 2.17. The second-order valence-corrected chi connectivity index (χ2v) is 4.41. The highest BCUT2D eigenvalue weighted by Crippen LogP contribution is 2.24. The van der Waals surface area contributed by atoms with Crippen LogP contribution in [0.4, 0.5) is 0 Å². The first-order valence-electron chi connectivity index (χ1n) is 4.44. The molecule has 0 N–H and O–H groups in total. The maximum atomic E-state index is 11.7. The van der Waals surface area contributed by atoms with Gasteiger partial charge in [0.2, 0.25) is 0 Å². The Morgan fingerprint density at radius 2 is 2.53 bits per heavy atom. The normalized spacial score (nSPS) is 10.8. The predicted octanol–water partition coefficient (Wildman–Crippen LogP) is 2.29. The number of rotatable bonds is 3. The summed E-state index contributed by atoms with van der Waals surface area (Å²) in [4.78, 5) is 16.9. The number of nitrogens with zero attached hydrogens (tertiary/aromatic N) is 2. The molecule has 0 aromatic carbocycles. The smallest absolute Gasteiger partial charge is 0.358 e. The van der Waals surface area contributed by atoms with Crippen molar-refractivity contribution in [2.75, 3.05) is 12.9 Å². The number of hydrogen-bond acceptors (Lipinski definition) is 5. The van der Waals surface area contributed by atoms with Gasteiger partial charge in [0.15, 0.2) is 10.7 Å². The van der Waals surface area contributed by atoms with Crippen molar-refractivity contribution in [3.8, 4) is 0 Å². The average Bonchev–Trinajstić information content (AvgIpc) is 2.75. The number of esters is 1. The van der Waals surface area contributed by atoms with Crippen molar-refractivity contribution in [1.82, 2.24) is 9.38 Å². The second-order valence-electron chi connectivity index (χ2n) is 2.75. The van der Waals surface area contributed by atoms with Crippen LogP contribution in [-0.2, 0) is 4.74 Å². The van der Waals surface area contributed by atoms with E-state index in [2.05, 4.69) is 4.98 Å². The highest BCUT2D eigenvalue weighted by Gasteiger charge is 2.20. The van der Waals surface area contributed by atoms with E-state index in [4.69, 9.17) is 4.74 Å². The van der Waals surface area contributed by atoms with Gasteiger partial charge in [-0.05, 0) is 13.2 Å². The van der Waals surface area contributed by atoms with Gasteiger partial charge in [-0.15, -0.1) is 23.1 Å². The quantitative estimate of drug-likeness (QED) is 0.612. The zero-order valence-corrected chi connectivity index (χ0v) is 10.0. The van der Waals surface area contributed by atoms with E-state index >= 15 is 0 Å². The molecular weight excluding hydrogens is 232 g/mol. The van der Waals surface area contributed by atoms with Gasteiger partial charge < -0.3 is 4.74 Å². The van der Waals surface area contributed by atoms with E-state index < -0.39 is 0 Å². The molecule has 6 heteroatoms. The number of aromatic nitrogens is 2. The Morgan fingerprint density at radius 3 is 3.20 bits per heavy atom. The van der Waals surface area contributed by atoms with Crippen molar-refractivity contribution in [2.45, 2.75) is 11.9 Å². The molecule has 0 radical (unpaired) electrons. The minimum Gasteiger partial charge on any atom is -0.461 e. The molecule has 80 valence electrons. The molecule has 0 saturated heterocycles. The zero-order chi connectivity index (χ0) is 10.8. The molecule has 0 amide bonds. The molecule has 0 atom stereocenters. The summed E-state index contributed by atoms with van der Waals surface area (Å²) < 4.78 is 6.77. The molecule has 0 unspecified atom stereocenters. The Labute approximate surface area is 95.3 Å². The standard InChI is InChI=1S/C9H10N2O2S2/c1-3-13-8(12)6-7(14-2)10-9-11(6)4-5-15-9/h4-5H,3H2,1-2H3. The summed E-state index contributed by atoms with van der Waals surface area (Å²) in [6.07, 6.45) is 3.73. The van der Waals surface area contributed by atoms with Crippen LogP contribution in [0.15, 0.2) is 16.6 Å². The number of carbonyl (C=O) groups excluding carboxylic acids is 1. The van der Waals surface area contributed by atoms with Crippen LogP contribution >= 0.6 is 23.1 Å². The molecule has 2 aromatic heterocycles. The van der Waals surface area contributed by atoms with Crippen molar-refractivity contribution in [3.05, 3.63) is 17.3 Å². The first-order valence-corrected chi connectivity index (χ1v) is 6.55. The number of imidazole rings is 1. The molecule has 2 heterocycles. The van der Waals surface area contributed by atoms with Gasteiger partial charge in [-0.1, -0.05) is 0 Å². The van der Waals surface area contributed by atoms with Crippen molar-refractivity contribution >= 4 is 34.0 Å².